The summed E-state index contributed by atoms with van der Waals surface area (Å²) in [5.74, 6) is 0. The van der Waals surface area contributed by atoms with Crippen molar-refractivity contribution in [1.29, 1.82) is 0 Å². The SMILES string of the molecule is CCOCCCOC1(CC)CCN(C(=O)OC(C)(C)C)C1. The van der Waals surface area contributed by atoms with Gasteiger partial charge >= 0.3 is 6.09 Å². The number of carbonyl (C=O) groups is 1. The van der Waals surface area contributed by atoms with Gasteiger partial charge in [-0.15, -0.1) is 0 Å². The fraction of sp³-hybridized carbons (Fsp3) is 0.938. The summed E-state index contributed by atoms with van der Waals surface area (Å²) in [6, 6.07) is 0. The van der Waals surface area contributed by atoms with Gasteiger partial charge in [0.1, 0.15) is 5.60 Å². The molecule has 1 aliphatic rings. The van der Waals surface area contributed by atoms with Gasteiger partial charge in [0.2, 0.25) is 0 Å². The summed E-state index contributed by atoms with van der Waals surface area (Å²) in [7, 11) is 0. The van der Waals surface area contributed by atoms with Gasteiger partial charge in [-0.05, 0) is 47.0 Å². The van der Waals surface area contributed by atoms with E-state index in [1.807, 2.05) is 27.7 Å². The van der Waals surface area contributed by atoms with E-state index < -0.39 is 5.60 Å². The molecule has 124 valence electrons. The maximum absolute atomic E-state index is 12.1. The Balaban J connectivity index is 2.42. The molecule has 0 bridgehead atoms. The normalized spacial score (nSPS) is 22.6. The predicted octanol–water partition coefficient (Wildman–Crippen LogP) is 3.22. The zero-order valence-corrected chi connectivity index (χ0v) is 14.2. The zero-order valence-electron chi connectivity index (χ0n) is 14.2. The highest BCUT2D eigenvalue weighted by Gasteiger charge is 2.40. The summed E-state index contributed by atoms with van der Waals surface area (Å²) in [5, 5.41) is 0. The van der Waals surface area contributed by atoms with E-state index in [0.717, 1.165) is 32.5 Å². The van der Waals surface area contributed by atoms with Crippen molar-refractivity contribution in [2.24, 2.45) is 0 Å². The summed E-state index contributed by atoms with van der Waals surface area (Å²) in [5.41, 5.74) is -0.671. The summed E-state index contributed by atoms with van der Waals surface area (Å²) in [6.07, 6.45) is 2.43. The second-order valence-electron chi connectivity index (χ2n) is 6.59. The predicted molar refractivity (Wildman–Crippen MR) is 82.5 cm³/mol. The van der Waals surface area contributed by atoms with E-state index in [1.54, 1.807) is 4.90 Å². The molecule has 0 saturated carbocycles. The number of nitrogens with zero attached hydrogens (tertiary/aromatic N) is 1. The number of hydrogen-bond donors (Lipinski definition) is 0. The van der Waals surface area contributed by atoms with Crippen LogP contribution >= 0.6 is 0 Å². The van der Waals surface area contributed by atoms with E-state index >= 15 is 0 Å². The van der Waals surface area contributed by atoms with Crippen LogP contribution in [-0.4, -0.2) is 55.1 Å². The van der Waals surface area contributed by atoms with Gasteiger partial charge in [-0.3, -0.25) is 0 Å². The largest absolute Gasteiger partial charge is 0.444 e. The van der Waals surface area contributed by atoms with Gasteiger partial charge in [0, 0.05) is 26.4 Å². The van der Waals surface area contributed by atoms with Crippen molar-refractivity contribution in [2.75, 3.05) is 32.9 Å². The Bertz CT molecular complexity index is 327. The first kappa shape index (κ1) is 18.2. The molecule has 1 atom stereocenters. The summed E-state index contributed by atoms with van der Waals surface area (Å²) in [6.45, 7) is 13.2. The zero-order chi connectivity index (χ0) is 15.9. The minimum atomic E-state index is -0.451. The van der Waals surface area contributed by atoms with Crippen LogP contribution in [0.5, 0.6) is 0 Å². The van der Waals surface area contributed by atoms with Crippen molar-refractivity contribution in [2.45, 2.75) is 65.1 Å². The molecule has 0 N–H and O–H groups in total. The van der Waals surface area contributed by atoms with Crippen LogP contribution in [-0.2, 0) is 14.2 Å². The fourth-order valence-electron chi connectivity index (χ4n) is 2.43. The quantitative estimate of drug-likeness (QED) is 0.677. The van der Waals surface area contributed by atoms with Gasteiger partial charge in [0.05, 0.1) is 12.1 Å². The Morgan fingerprint density at radius 3 is 2.52 bits per heavy atom. The van der Waals surface area contributed by atoms with Crippen LogP contribution in [0, 0.1) is 0 Å². The van der Waals surface area contributed by atoms with E-state index in [2.05, 4.69) is 6.92 Å². The Labute approximate surface area is 128 Å². The van der Waals surface area contributed by atoms with Crippen molar-refractivity contribution in [3.63, 3.8) is 0 Å². The fourth-order valence-corrected chi connectivity index (χ4v) is 2.43. The molecule has 1 unspecified atom stereocenters. The van der Waals surface area contributed by atoms with Gasteiger partial charge in [0.15, 0.2) is 0 Å². The Morgan fingerprint density at radius 2 is 1.95 bits per heavy atom. The molecule has 0 spiro atoms. The third kappa shape index (κ3) is 6.22. The molecule has 0 aliphatic carbocycles. The van der Waals surface area contributed by atoms with Gasteiger partial charge < -0.3 is 19.1 Å². The first-order valence-electron chi connectivity index (χ1n) is 8.01. The standard InChI is InChI=1S/C16H31NO4/c1-6-16(20-12-8-11-19-7-2)9-10-17(13-16)14(18)21-15(3,4)5/h6-13H2,1-5H3. The van der Waals surface area contributed by atoms with Crippen LogP contribution in [0.15, 0.2) is 0 Å². The second-order valence-corrected chi connectivity index (χ2v) is 6.59. The molecule has 1 saturated heterocycles. The Hall–Kier alpha value is -0.810. The Kier molecular flexibility index (Phi) is 6.94. The lowest BCUT2D eigenvalue weighted by Gasteiger charge is -2.29. The highest BCUT2D eigenvalue weighted by atomic mass is 16.6. The van der Waals surface area contributed by atoms with E-state index in [0.29, 0.717) is 19.7 Å². The smallest absolute Gasteiger partial charge is 0.410 e. The van der Waals surface area contributed by atoms with E-state index in [-0.39, 0.29) is 11.7 Å². The average molecular weight is 301 g/mol. The number of ether oxygens (including phenoxy) is 3. The molecule has 21 heavy (non-hydrogen) atoms. The van der Waals surface area contributed by atoms with Crippen LogP contribution in [0.1, 0.15) is 53.9 Å². The maximum atomic E-state index is 12.1. The summed E-state index contributed by atoms with van der Waals surface area (Å²) >= 11 is 0. The van der Waals surface area contributed by atoms with E-state index in [9.17, 15) is 4.79 Å². The van der Waals surface area contributed by atoms with Crippen LogP contribution in [0.3, 0.4) is 0 Å². The van der Waals surface area contributed by atoms with Crippen LogP contribution < -0.4 is 0 Å². The Morgan fingerprint density at radius 1 is 1.24 bits per heavy atom. The third-order valence-corrected chi connectivity index (χ3v) is 3.66. The molecule has 0 aromatic heterocycles. The minimum absolute atomic E-state index is 0.219. The number of hydrogen-bond acceptors (Lipinski definition) is 4. The average Bonchev–Trinajstić information content (AvgIpc) is 2.82. The van der Waals surface area contributed by atoms with Crippen molar-refractivity contribution in [3.8, 4) is 0 Å². The molecule has 1 fully saturated rings. The van der Waals surface area contributed by atoms with Gasteiger partial charge in [-0.2, -0.15) is 0 Å². The number of amides is 1. The molecular weight excluding hydrogens is 270 g/mol. The van der Waals surface area contributed by atoms with Crippen LogP contribution in [0.25, 0.3) is 0 Å². The molecular formula is C16H31NO4. The topological polar surface area (TPSA) is 48.0 Å². The second kappa shape index (κ2) is 7.99. The number of rotatable bonds is 7. The highest BCUT2D eigenvalue weighted by Crippen LogP contribution is 2.30. The van der Waals surface area contributed by atoms with Gasteiger partial charge in [-0.1, -0.05) is 6.92 Å². The van der Waals surface area contributed by atoms with Gasteiger partial charge in [-0.25, -0.2) is 4.79 Å². The minimum Gasteiger partial charge on any atom is -0.444 e. The molecule has 0 aromatic rings. The summed E-state index contributed by atoms with van der Waals surface area (Å²) < 4.78 is 16.8. The lowest BCUT2D eigenvalue weighted by atomic mass is 10.00. The molecule has 5 nitrogen and oxygen atoms in total. The molecule has 1 amide bonds. The van der Waals surface area contributed by atoms with E-state index in [1.165, 1.54) is 0 Å². The third-order valence-electron chi connectivity index (χ3n) is 3.66. The van der Waals surface area contributed by atoms with Crippen LogP contribution in [0.2, 0.25) is 0 Å². The number of likely N-dealkylation sites (tertiary alicyclic amines) is 1. The molecule has 5 heteroatoms. The lowest BCUT2D eigenvalue weighted by Crippen LogP contribution is -2.40. The molecule has 0 radical (unpaired) electrons. The molecule has 1 aliphatic heterocycles. The monoisotopic (exact) mass is 301 g/mol. The maximum Gasteiger partial charge on any atom is 0.410 e. The van der Waals surface area contributed by atoms with Crippen molar-refractivity contribution in [3.05, 3.63) is 0 Å². The van der Waals surface area contributed by atoms with Crippen molar-refractivity contribution >= 4 is 6.09 Å². The highest BCUT2D eigenvalue weighted by molar-refractivity contribution is 5.68. The van der Waals surface area contributed by atoms with E-state index in [4.69, 9.17) is 14.2 Å². The first-order chi connectivity index (χ1) is 9.82. The van der Waals surface area contributed by atoms with Gasteiger partial charge in [0.25, 0.3) is 0 Å². The lowest BCUT2D eigenvalue weighted by molar-refractivity contribution is -0.0489. The molecule has 1 heterocycles. The van der Waals surface area contributed by atoms with Crippen molar-refractivity contribution in [1.82, 2.24) is 4.90 Å². The van der Waals surface area contributed by atoms with Crippen LogP contribution in [0.4, 0.5) is 4.79 Å². The van der Waals surface area contributed by atoms with Crippen molar-refractivity contribution < 1.29 is 19.0 Å². The first-order valence-corrected chi connectivity index (χ1v) is 8.01. The number of carbonyl (C=O) groups excluding carboxylic acids is 1. The summed E-state index contributed by atoms with van der Waals surface area (Å²) in [4.78, 5) is 13.9. The molecule has 1 rings (SSSR count). The molecule has 0 aromatic carbocycles.